The Balaban J connectivity index is 2.32. The summed E-state index contributed by atoms with van der Waals surface area (Å²) in [6.45, 7) is 3.87. The van der Waals surface area contributed by atoms with Gasteiger partial charge in [0.05, 0.1) is 11.7 Å². The molecular formula is C15H14ClNO2. The van der Waals surface area contributed by atoms with Crippen LogP contribution >= 0.6 is 11.6 Å². The molecule has 0 N–H and O–H groups in total. The molecule has 0 radical (unpaired) electrons. The summed E-state index contributed by atoms with van der Waals surface area (Å²) in [4.78, 5) is 16.2. The standard InChI is InChI=1S/C15H14ClNO2/c1-10(2)19-12-6-3-5-11(9-12)14(18)13-7-4-8-17-15(13)16/h3-10H,1-2H3. The molecule has 0 spiro atoms. The van der Waals surface area contributed by atoms with Crippen LogP contribution in [0, 0.1) is 0 Å². The number of hydrogen-bond acceptors (Lipinski definition) is 3. The van der Waals surface area contributed by atoms with Crippen molar-refractivity contribution in [3.05, 3.63) is 58.9 Å². The average Bonchev–Trinajstić information content (AvgIpc) is 2.38. The quantitative estimate of drug-likeness (QED) is 0.630. The summed E-state index contributed by atoms with van der Waals surface area (Å²) in [5.41, 5.74) is 0.930. The normalized spacial score (nSPS) is 10.5. The van der Waals surface area contributed by atoms with Crippen molar-refractivity contribution in [2.75, 3.05) is 0 Å². The van der Waals surface area contributed by atoms with Crippen LogP contribution in [0.2, 0.25) is 5.15 Å². The topological polar surface area (TPSA) is 39.2 Å². The fourth-order valence-electron chi connectivity index (χ4n) is 1.69. The third-order valence-electron chi connectivity index (χ3n) is 2.47. The lowest BCUT2D eigenvalue weighted by Gasteiger charge is -2.10. The van der Waals surface area contributed by atoms with Crippen LogP contribution in [0.15, 0.2) is 42.6 Å². The van der Waals surface area contributed by atoms with E-state index in [-0.39, 0.29) is 17.0 Å². The zero-order valence-corrected chi connectivity index (χ0v) is 11.5. The van der Waals surface area contributed by atoms with Crippen molar-refractivity contribution >= 4 is 17.4 Å². The van der Waals surface area contributed by atoms with Crippen LogP contribution in [0.25, 0.3) is 0 Å². The molecule has 2 aromatic rings. The van der Waals surface area contributed by atoms with Crippen molar-refractivity contribution in [1.82, 2.24) is 4.98 Å². The summed E-state index contributed by atoms with van der Waals surface area (Å²) in [5, 5.41) is 0.211. The number of benzene rings is 1. The first kappa shape index (κ1) is 13.6. The van der Waals surface area contributed by atoms with Crippen molar-refractivity contribution in [2.45, 2.75) is 20.0 Å². The van der Waals surface area contributed by atoms with Gasteiger partial charge in [-0.15, -0.1) is 0 Å². The number of hydrogen-bond donors (Lipinski definition) is 0. The molecule has 1 heterocycles. The molecule has 0 aliphatic carbocycles. The minimum absolute atomic E-state index is 0.0623. The van der Waals surface area contributed by atoms with E-state index in [2.05, 4.69) is 4.98 Å². The van der Waals surface area contributed by atoms with Crippen LogP contribution in [0.4, 0.5) is 0 Å². The Morgan fingerprint density at radius 2 is 2.05 bits per heavy atom. The summed E-state index contributed by atoms with van der Waals surface area (Å²) >= 11 is 5.93. The van der Waals surface area contributed by atoms with Crippen molar-refractivity contribution in [2.24, 2.45) is 0 Å². The molecule has 0 amide bonds. The number of rotatable bonds is 4. The van der Waals surface area contributed by atoms with Crippen LogP contribution in [-0.4, -0.2) is 16.9 Å². The van der Waals surface area contributed by atoms with Gasteiger partial charge in [0, 0.05) is 11.8 Å². The lowest BCUT2D eigenvalue weighted by atomic mass is 10.0. The van der Waals surface area contributed by atoms with Gasteiger partial charge < -0.3 is 4.74 Å². The van der Waals surface area contributed by atoms with Crippen molar-refractivity contribution in [1.29, 1.82) is 0 Å². The van der Waals surface area contributed by atoms with Crippen molar-refractivity contribution in [3.63, 3.8) is 0 Å². The van der Waals surface area contributed by atoms with Crippen LogP contribution in [-0.2, 0) is 0 Å². The molecular weight excluding hydrogens is 262 g/mol. The Bertz CT molecular complexity index is 596. The maximum absolute atomic E-state index is 12.3. The van der Waals surface area contributed by atoms with Crippen LogP contribution in [0.5, 0.6) is 5.75 Å². The molecule has 0 bridgehead atoms. The Labute approximate surface area is 117 Å². The maximum Gasteiger partial charge on any atom is 0.196 e. The number of pyridine rings is 1. The highest BCUT2D eigenvalue weighted by atomic mass is 35.5. The van der Waals surface area contributed by atoms with E-state index >= 15 is 0 Å². The van der Waals surface area contributed by atoms with E-state index in [1.807, 2.05) is 19.9 Å². The average molecular weight is 276 g/mol. The van der Waals surface area contributed by atoms with Gasteiger partial charge in [0.2, 0.25) is 0 Å². The molecule has 4 heteroatoms. The first-order valence-corrected chi connectivity index (χ1v) is 6.37. The zero-order chi connectivity index (χ0) is 13.8. The van der Waals surface area contributed by atoms with E-state index in [1.165, 1.54) is 0 Å². The molecule has 0 saturated heterocycles. The van der Waals surface area contributed by atoms with Gasteiger partial charge in [0.25, 0.3) is 0 Å². The highest BCUT2D eigenvalue weighted by Crippen LogP contribution is 2.20. The smallest absolute Gasteiger partial charge is 0.196 e. The van der Waals surface area contributed by atoms with E-state index in [1.54, 1.807) is 36.5 Å². The van der Waals surface area contributed by atoms with Crippen molar-refractivity contribution in [3.8, 4) is 5.75 Å². The summed E-state index contributed by atoms with van der Waals surface area (Å²) < 4.78 is 5.57. The fourth-order valence-corrected chi connectivity index (χ4v) is 1.90. The predicted molar refractivity (Wildman–Crippen MR) is 74.9 cm³/mol. The highest BCUT2D eigenvalue weighted by molar-refractivity contribution is 6.33. The molecule has 1 aromatic heterocycles. The molecule has 2 rings (SSSR count). The molecule has 0 aliphatic heterocycles. The Morgan fingerprint density at radius 1 is 1.26 bits per heavy atom. The van der Waals surface area contributed by atoms with E-state index in [4.69, 9.17) is 16.3 Å². The van der Waals surface area contributed by atoms with E-state index < -0.39 is 0 Å². The zero-order valence-electron chi connectivity index (χ0n) is 10.8. The van der Waals surface area contributed by atoms with E-state index in [0.29, 0.717) is 16.9 Å². The van der Waals surface area contributed by atoms with Crippen LogP contribution in [0.1, 0.15) is 29.8 Å². The van der Waals surface area contributed by atoms with Gasteiger partial charge in [-0.05, 0) is 38.1 Å². The van der Waals surface area contributed by atoms with Crippen LogP contribution < -0.4 is 4.74 Å². The van der Waals surface area contributed by atoms with Gasteiger partial charge in [-0.1, -0.05) is 23.7 Å². The summed E-state index contributed by atoms with van der Waals surface area (Å²) in [5.74, 6) is 0.508. The molecule has 1 aromatic carbocycles. The third kappa shape index (κ3) is 3.32. The summed E-state index contributed by atoms with van der Waals surface area (Å²) in [6, 6.07) is 10.4. The predicted octanol–water partition coefficient (Wildman–Crippen LogP) is 3.75. The molecule has 0 unspecified atom stereocenters. The van der Waals surface area contributed by atoms with Gasteiger partial charge in [0.1, 0.15) is 10.9 Å². The second kappa shape index (κ2) is 5.85. The fraction of sp³-hybridized carbons (Fsp3) is 0.200. The molecule has 3 nitrogen and oxygen atoms in total. The first-order chi connectivity index (χ1) is 9.08. The van der Waals surface area contributed by atoms with Crippen LogP contribution in [0.3, 0.4) is 0 Å². The highest BCUT2D eigenvalue weighted by Gasteiger charge is 2.14. The first-order valence-electron chi connectivity index (χ1n) is 6.00. The second-order valence-electron chi connectivity index (χ2n) is 4.37. The Morgan fingerprint density at radius 3 is 2.74 bits per heavy atom. The number of carbonyl (C=O) groups excluding carboxylic acids is 1. The molecule has 0 fully saturated rings. The van der Waals surface area contributed by atoms with E-state index in [9.17, 15) is 4.79 Å². The lowest BCUT2D eigenvalue weighted by molar-refractivity contribution is 0.103. The third-order valence-corrected chi connectivity index (χ3v) is 2.77. The lowest BCUT2D eigenvalue weighted by Crippen LogP contribution is -2.07. The monoisotopic (exact) mass is 275 g/mol. The molecule has 0 aliphatic rings. The van der Waals surface area contributed by atoms with Gasteiger partial charge in [-0.3, -0.25) is 4.79 Å². The Hall–Kier alpha value is -1.87. The SMILES string of the molecule is CC(C)Oc1cccc(C(=O)c2cccnc2Cl)c1. The largest absolute Gasteiger partial charge is 0.491 e. The van der Waals surface area contributed by atoms with Gasteiger partial charge in [0.15, 0.2) is 5.78 Å². The molecule has 98 valence electrons. The number of ether oxygens (including phenoxy) is 1. The number of nitrogens with zero attached hydrogens (tertiary/aromatic N) is 1. The van der Waals surface area contributed by atoms with Gasteiger partial charge >= 0.3 is 0 Å². The number of aromatic nitrogens is 1. The summed E-state index contributed by atoms with van der Waals surface area (Å²) in [7, 11) is 0. The maximum atomic E-state index is 12.3. The second-order valence-corrected chi connectivity index (χ2v) is 4.72. The minimum atomic E-state index is -0.160. The van der Waals surface area contributed by atoms with Gasteiger partial charge in [-0.2, -0.15) is 0 Å². The minimum Gasteiger partial charge on any atom is -0.491 e. The number of halogens is 1. The molecule has 0 saturated carbocycles. The van der Waals surface area contributed by atoms with Crippen molar-refractivity contribution < 1.29 is 9.53 Å². The molecule has 19 heavy (non-hydrogen) atoms. The number of carbonyl (C=O) groups is 1. The Kier molecular flexibility index (Phi) is 4.17. The number of ketones is 1. The summed E-state index contributed by atoms with van der Waals surface area (Å²) in [6.07, 6.45) is 1.62. The van der Waals surface area contributed by atoms with Gasteiger partial charge in [-0.25, -0.2) is 4.98 Å². The molecule has 0 atom stereocenters. The van der Waals surface area contributed by atoms with E-state index in [0.717, 1.165) is 0 Å².